The van der Waals surface area contributed by atoms with Gasteiger partial charge in [-0.15, -0.1) is 0 Å². The minimum Gasteiger partial charge on any atom is -0.456 e. The Kier molecular flexibility index (Phi) is 5.39. The molecule has 154 valence electrons. The number of esters is 1. The zero-order chi connectivity index (χ0) is 20.5. The molecule has 7 nitrogen and oxygen atoms in total. The third kappa shape index (κ3) is 3.78. The van der Waals surface area contributed by atoms with Crippen molar-refractivity contribution in [2.24, 2.45) is 23.7 Å². The topological polar surface area (TPSA) is 92.8 Å². The van der Waals surface area contributed by atoms with E-state index in [2.05, 4.69) is 5.32 Å². The number of nitrogens with zero attached hydrogens (tertiary/aromatic N) is 1. The summed E-state index contributed by atoms with van der Waals surface area (Å²) in [6.45, 7) is 1.50. The molecule has 1 aromatic rings. The fourth-order valence-electron chi connectivity index (χ4n) is 5.22. The van der Waals surface area contributed by atoms with Crippen molar-refractivity contribution in [3.8, 4) is 0 Å². The number of ether oxygens (including phenoxy) is 1. The standard InChI is InChI=1S/C22H26N2O5/c1-13(14-5-3-2-4-6-14)23-17(25)12-29-18(26)9-10-24-21(27)19-15-7-8-16(11-15)20(19)22(24)28/h2-6,13,15-16,19-20H,7-12H2,1H3,(H,23,25)/t13-,15-,16-,19-,20+/m0/s1. The fourth-order valence-corrected chi connectivity index (χ4v) is 5.22. The predicted octanol–water partition coefficient (Wildman–Crippen LogP) is 1.83. The number of carbonyl (C=O) groups is 4. The monoisotopic (exact) mass is 398 g/mol. The molecule has 1 aromatic carbocycles. The molecule has 3 aliphatic rings. The Morgan fingerprint density at radius 1 is 1.10 bits per heavy atom. The predicted molar refractivity (Wildman–Crippen MR) is 103 cm³/mol. The number of hydrogen-bond acceptors (Lipinski definition) is 5. The second kappa shape index (κ2) is 7.97. The molecule has 1 heterocycles. The molecule has 0 radical (unpaired) electrons. The maximum Gasteiger partial charge on any atom is 0.308 e. The first-order valence-electron chi connectivity index (χ1n) is 10.3. The summed E-state index contributed by atoms with van der Waals surface area (Å²) in [4.78, 5) is 50.5. The van der Waals surface area contributed by atoms with Gasteiger partial charge in [0.2, 0.25) is 11.8 Å². The summed E-state index contributed by atoms with van der Waals surface area (Å²) in [7, 11) is 0. The molecular weight excluding hydrogens is 372 g/mol. The molecule has 4 rings (SSSR count). The van der Waals surface area contributed by atoms with Crippen LogP contribution in [0.4, 0.5) is 0 Å². The minimum atomic E-state index is -0.590. The third-order valence-electron chi connectivity index (χ3n) is 6.60. The first-order chi connectivity index (χ1) is 14.0. The van der Waals surface area contributed by atoms with E-state index >= 15 is 0 Å². The fraction of sp³-hybridized carbons (Fsp3) is 0.545. The number of hydrogen-bond donors (Lipinski definition) is 1. The summed E-state index contributed by atoms with van der Waals surface area (Å²) in [5.41, 5.74) is 0.956. The molecule has 0 spiro atoms. The molecule has 1 N–H and O–H groups in total. The molecule has 2 aliphatic carbocycles. The van der Waals surface area contributed by atoms with E-state index in [-0.39, 0.29) is 49.3 Å². The zero-order valence-electron chi connectivity index (χ0n) is 16.5. The zero-order valence-corrected chi connectivity index (χ0v) is 16.5. The van der Waals surface area contributed by atoms with Gasteiger partial charge in [0.25, 0.3) is 5.91 Å². The molecule has 3 amide bonds. The number of rotatable bonds is 7. The van der Waals surface area contributed by atoms with E-state index in [1.54, 1.807) is 0 Å². The van der Waals surface area contributed by atoms with Gasteiger partial charge < -0.3 is 10.1 Å². The lowest BCUT2D eigenvalue weighted by Gasteiger charge is -2.19. The number of carbonyl (C=O) groups excluding carboxylic acids is 4. The summed E-state index contributed by atoms with van der Waals surface area (Å²) in [6, 6.07) is 9.28. The molecule has 0 unspecified atom stereocenters. The van der Waals surface area contributed by atoms with E-state index in [1.165, 1.54) is 4.90 Å². The van der Waals surface area contributed by atoms with E-state index in [0.29, 0.717) is 11.8 Å². The van der Waals surface area contributed by atoms with Crippen molar-refractivity contribution in [3.05, 3.63) is 35.9 Å². The summed E-state index contributed by atoms with van der Waals surface area (Å²) in [6.07, 6.45) is 2.95. The number of amides is 3. The van der Waals surface area contributed by atoms with Crippen LogP contribution in [0.3, 0.4) is 0 Å². The van der Waals surface area contributed by atoms with Gasteiger partial charge in [0.05, 0.1) is 24.3 Å². The average molecular weight is 398 g/mol. The lowest BCUT2D eigenvalue weighted by Crippen LogP contribution is -2.35. The van der Waals surface area contributed by atoms with Crippen molar-refractivity contribution in [2.45, 2.75) is 38.6 Å². The van der Waals surface area contributed by atoms with Crippen LogP contribution in [-0.2, 0) is 23.9 Å². The van der Waals surface area contributed by atoms with Gasteiger partial charge >= 0.3 is 5.97 Å². The van der Waals surface area contributed by atoms with E-state index in [9.17, 15) is 19.2 Å². The Bertz CT molecular complexity index is 796. The van der Waals surface area contributed by atoms with E-state index in [4.69, 9.17) is 4.74 Å². The van der Waals surface area contributed by atoms with Crippen LogP contribution in [0.1, 0.15) is 44.2 Å². The summed E-state index contributed by atoms with van der Waals surface area (Å²) in [5.74, 6) is -0.946. The van der Waals surface area contributed by atoms with Gasteiger partial charge in [-0.1, -0.05) is 30.3 Å². The average Bonchev–Trinajstić information content (AvgIpc) is 3.40. The van der Waals surface area contributed by atoms with Gasteiger partial charge in [-0.05, 0) is 43.6 Å². The van der Waals surface area contributed by atoms with Gasteiger partial charge in [-0.2, -0.15) is 0 Å². The van der Waals surface area contributed by atoms with Gasteiger partial charge in [-0.3, -0.25) is 24.1 Å². The van der Waals surface area contributed by atoms with Crippen molar-refractivity contribution < 1.29 is 23.9 Å². The molecule has 7 heteroatoms. The minimum absolute atomic E-state index is 0.0327. The van der Waals surface area contributed by atoms with Crippen LogP contribution in [0, 0.1) is 23.7 Å². The Morgan fingerprint density at radius 2 is 1.72 bits per heavy atom. The van der Waals surface area contributed by atoms with Crippen LogP contribution in [-0.4, -0.2) is 41.7 Å². The van der Waals surface area contributed by atoms with Crippen LogP contribution < -0.4 is 5.32 Å². The van der Waals surface area contributed by atoms with E-state index in [0.717, 1.165) is 24.8 Å². The second-order valence-corrected chi connectivity index (χ2v) is 8.32. The van der Waals surface area contributed by atoms with Crippen LogP contribution in [0.5, 0.6) is 0 Å². The van der Waals surface area contributed by atoms with Crippen molar-refractivity contribution in [2.75, 3.05) is 13.2 Å². The summed E-state index contributed by atoms with van der Waals surface area (Å²) < 4.78 is 5.02. The Balaban J connectivity index is 1.21. The van der Waals surface area contributed by atoms with Crippen LogP contribution in [0.15, 0.2) is 30.3 Å². The highest BCUT2D eigenvalue weighted by molar-refractivity contribution is 6.06. The highest BCUT2D eigenvalue weighted by atomic mass is 16.5. The van der Waals surface area contributed by atoms with Gasteiger partial charge in [0, 0.05) is 6.54 Å². The van der Waals surface area contributed by atoms with Crippen molar-refractivity contribution >= 4 is 23.7 Å². The van der Waals surface area contributed by atoms with Crippen LogP contribution in [0.2, 0.25) is 0 Å². The first kappa shape index (κ1) is 19.6. The third-order valence-corrected chi connectivity index (χ3v) is 6.60. The normalized spacial score (nSPS) is 28.4. The number of imide groups is 1. The summed E-state index contributed by atoms with van der Waals surface area (Å²) >= 11 is 0. The van der Waals surface area contributed by atoms with Gasteiger partial charge in [0.15, 0.2) is 6.61 Å². The number of likely N-dealkylation sites (tertiary alicyclic amines) is 1. The number of benzene rings is 1. The quantitative estimate of drug-likeness (QED) is 0.559. The molecule has 2 saturated carbocycles. The molecule has 3 fully saturated rings. The Labute approximate surface area is 169 Å². The van der Waals surface area contributed by atoms with Crippen molar-refractivity contribution in [3.63, 3.8) is 0 Å². The Morgan fingerprint density at radius 3 is 2.34 bits per heavy atom. The molecule has 5 atom stereocenters. The van der Waals surface area contributed by atoms with E-state index < -0.39 is 11.9 Å². The van der Waals surface area contributed by atoms with Gasteiger partial charge in [-0.25, -0.2) is 0 Å². The van der Waals surface area contributed by atoms with Crippen molar-refractivity contribution in [1.82, 2.24) is 10.2 Å². The smallest absolute Gasteiger partial charge is 0.308 e. The highest BCUT2D eigenvalue weighted by Crippen LogP contribution is 2.56. The first-order valence-corrected chi connectivity index (χ1v) is 10.3. The highest BCUT2D eigenvalue weighted by Gasteiger charge is 2.60. The van der Waals surface area contributed by atoms with Crippen LogP contribution in [0.25, 0.3) is 0 Å². The molecular formula is C22H26N2O5. The van der Waals surface area contributed by atoms with Gasteiger partial charge in [0.1, 0.15) is 0 Å². The SMILES string of the molecule is C[C@H](NC(=O)COC(=O)CCN1C(=O)[C@@H]2[C@H]3CC[C@@H](C3)[C@@H]2C1=O)c1ccccc1. The lowest BCUT2D eigenvalue weighted by molar-refractivity contribution is -0.150. The molecule has 1 aliphatic heterocycles. The maximum absolute atomic E-state index is 12.6. The molecule has 29 heavy (non-hydrogen) atoms. The lowest BCUT2D eigenvalue weighted by atomic mass is 9.81. The van der Waals surface area contributed by atoms with E-state index in [1.807, 2.05) is 37.3 Å². The number of nitrogens with one attached hydrogen (secondary N) is 1. The second-order valence-electron chi connectivity index (χ2n) is 8.32. The van der Waals surface area contributed by atoms with Crippen molar-refractivity contribution in [1.29, 1.82) is 0 Å². The molecule has 2 bridgehead atoms. The number of fused-ring (bicyclic) bond motifs is 5. The molecule has 1 saturated heterocycles. The molecule has 0 aromatic heterocycles. The van der Waals surface area contributed by atoms with Crippen LogP contribution >= 0.6 is 0 Å². The largest absolute Gasteiger partial charge is 0.456 e. The Hall–Kier alpha value is -2.70. The maximum atomic E-state index is 12.6. The summed E-state index contributed by atoms with van der Waals surface area (Å²) in [5, 5.41) is 2.77.